The lowest BCUT2D eigenvalue weighted by atomic mass is 10.2. The van der Waals surface area contributed by atoms with Gasteiger partial charge in [0.05, 0.1) is 12.1 Å². The molecule has 0 saturated carbocycles. The van der Waals surface area contributed by atoms with Crippen LogP contribution in [0, 0.1) is 0 Å². The van der Waals surface area contributed by atoms with E-state index in [0.717, 1.165) is 6.42 Å². The normalized spacial score (nSPS) is 10.1. The fourth-order valence-corrected chi connectivity index (χ4v) is 2.46. The van der Waals surface area contributed by atoms with Crippen LogP contribution in [0.1, 0.15) is 23.7 Å². The Bertz CT molecular complexity index is 480. The highest BCUT2D eigenvalue weighted by Gasteiger charge is 2.19. The van der Waals surface area contributed by atoms with E-state index in [-0.39, 0.29) is 18.4 Å². The Kier molecular flexibility index (Phi) is 6.31. The lowest BCUT2D eigenvalue weighted by Crippen LogP contribution is -2.40. The molecule has 0 spiro atoms. The molecule has 0 aliphatic heterocycles. The lowest BCUT2D eigenvalue weighted by Gasteiger charge is -2.21. The number of nitrogens with one attached hydrogen (secondary N) is 1. The summed E-state index contributed by atoms with van der Waals surface area (Å²) in [6, 6.07) is 4.98. The minimum absolute atomic E-state index is 0.0538. The van der Waals surface area contributed by atoms with Gasteiger partial charge in [0.2, 0.25) is 5.91 Å². The molecule has 0 atom stereocenters. The molecule has 0 radical (unpaired) electrons. The topological polar surface area (TPSA) is 49.4 Å². The maximum atomic E-state index is 12.4. The Morgan fingerprint density at radius 3 is 2.63 bits per heavy atom. The smallest absolute Gasteiger partial charge is 0.255 e. The SMILES string of the molecule is CCCN(CC(=O)NC)C(=O)c1ccc(Cl)cc1Br. The molecule has 4 nitrogen and oxygen atoms in total. The summed E-state index contributed by atoms with van der Waals surface area (Å²) in [5.41, 5.74) is 0.502. The predicted octanol–water partition coefficient (Wildman–Crippen LogP) is 2.70. The van der Waals surface area contributed by atoms with E-state index in [4.69, 9.17) is 11.6 Å². The second-order valence-electron chi connectivity index (χ2n) is 4.02. The molecule has 0 heterocycles. The molecule has 2 amide bonds. The molecule has 0 unspecified atom stereocenters. The number of hydrogen-bond acceptors (Lipinski definition) is 2. The van der Waals surface area contributed by atoms with E-state index in [1.807, 2.05) is 6.92 Å². The van der Waals surface area contributed by atoms with Crippen LogP contribution < -0.4 is 5.32 Å². The van der Waals surface area contributed by atoms with Crippen molar-refractivity contribution in [2.24, 2.45) is 0 Å². The van der Waals surface area contributed by atoms with Gasteiger partial charge in [-0.05, 0) is 40.5 Å². The van der Waals surface area contributed by atoms with Gasteiger partial charge in [-0.2, -0.15) is 0 Å². The quantitative estimate of drug-likeness (QED) is 0.890. The van der Waals surface area contributed by atoms with Gasteiger partial charge in [0.25, 0.3) is 5.91 Å². The average Bonchev–Trinajstić information content (AvgIpc) is 2.37. The van der Waals surface area contributed by atoms with Crippen molar-refractivity contribution in [3.8, 4) is 0 Å². The van der Waals surface area contributed by atoms with E-state index in [1.165, 1.54) is 4.90 Å². The molecule has 0 aromatic heterocycles. The highest BCUT2D eigenvalue weighted by molar-refractivity contribution is 9.10. The summed E-state index contributed by atoms with van der Waals surface area (Å²) in [5, 5.41) is 3.07. The molecule has 1 N–H and O–H groups in total. The van der Waals surface area contributed by atoms with Gasteiger partial charge in [-0.15, -0.1) is 0 Å². The number of carbonyl (C=O) groups excluding carboxylic acids is 2. The van der Waals surface area contributed by atoms with Crippen LogP contribution in [0.2, 0.25) is 5.02 Å². The van der Waals surface area contributed by atoms with Crippen molar-refractivity contribution in [3.63, 3.8) is 0 Å². The lowest BCUT2D eigenvalue weighted by molar-refractivity contribution is -0.121. The average molecular weight is 348 g/mol. The van der Waals surface area contributed by atoms with Crippen LogP contribution in [0.3, 0.4) is 0 Å². The molecule has 6 heteroatoms. The third-order valence-corrected chi connectivity index (χ3v) is 3.45. The molecule has 1 aromatic rings. The molecular formula is C13H16BrClN2O2. The first kappa shape index (κ1) is 16.0. The number of rotatable bonds is 5. The molecule has 0 aliphatic rings. The molecular weight excluding hydrogens is 332 g/mol. The highest BCUT2D eigenvalue weighted by atomic mass is 79.9. The van der Waals surface area contributed by atoms with Gasteiger partial charge in [0.1, 0.15) is 0 Å². The Hall–Kier alpha value is -1.07. The third-order valence-electron chi connectivity index (χ3n) is 2.56. The van der Waals surface area contributed by atoms with E-state index < -0.39 is 0 Å². The first-order valence-electron chi connectivity index (χ1n) is 5.94. The van der Waals surface area contributed by atoms with Crippen LogP contribution in [0.15, 0.2) is 22.7 Å². The van der Waals surface area contributed by atoms with E-state index in [9.17, 15) is 9.59 Å². The highest BCUT2D eigenvalue weighted by Crippen LogP contribution is 2.22. The van der Waals surface area contributed by atoms with Gasteiger partial charge < -0.3 is 10.2 Å². The van der Waals surface area contributed by atoms with Crippen LogP contribution in [-0.4, -0.2) is 36.9 Å². The van der Waals surface area contributed by atoms with Gasteiger partial charge in [-0.1, -0.05) is 18.5 Å². The van der Waals surface area contributed by atoms with Gasteiger partial charge in [0, 0.05) is 23.1 Å². The monoisotopic (exact) mass is 346 g/mol. The molecule has 0 saturated heterocycles. The second-order valence-corrected chi connectivity index (χ2v) is 5.31. The van der Waals surface area contributed by atoms with E-state index in [2.05, 4.69) is 21.2 Å². The van der Waals surface area contributed by atoms with Crippen LogP contribution in [0.4, 0.5) is 0 Å². The van der Waals surface area contributed by atoms with Crippen molar-refractivity contribution in [3.05, 3.63) is 33.3 Å². The van der Waals surface area contributed by atoms with Crippen molar-refractivity contribution in [2.75, 3.05) is 20.1 Å². The number of carbonyl (C=O) groups is 2. The number of hydrogen-bond donors (Lipinski definition) is 1. The number of halogens is 2. The summed E-state index contributed by atoms with van der Waals surface area (Å²) < 4.78 is 0.628. The minimum Gasteiger partial charge on any atom is -0.358 e. The van der Waals surface area contributed by atoms with E-state index in [1.54, 1.807) is 25.2 Å². The van der Waals surface area contributed by atoms with Crippen molar-refractivity contribution >= 4 is 39.3 Å². The Morgan fingerprint density at radius 1 is 1.42 bits per heavy atom. The molecule has 1 aromatic carbocycles. The third kappa shape index (κ3) is 4.51. The molecule has 19 heavy (non-hydrogen) atoms. The van der Waals surface area contributed by atoms with Gasteiger partial charge in [-0.25, -0.2) is 0 Å². The number of amides is 2. The van der Waals surface area contributed by atoms with E-state index >= 15 is 0 Å². The maximum absolute atomic E-state index is 12.4. The zero-order valence-electron chi connectivity index (χ0n) is 10.9. The largest absolute Gasteiger partial charge is 0.358 e. The Labute approximate surface area is 126 Å². The second kappa shape index (κ2) is 7.50. The van der Waals surface area contributed by atoms with Crippen molar-refractivity contribution in [1.29, 1.82) is 0 Å². The maximum Gasteiger partial charge on any atom is 0.255 e. The molecule has 0 fully saturated rings. The van der Waals surface area contributed by atoms with Crippen LogP contribution >= 0.6 is 27.5 Å². The summed E-state index contributed by atoms with van der Waals surface area (Å²) in [6.45, 7) is 2.54. The number of nitrogens with zero attached hydrogens (tertiary/aromatic N) is 1. The standard InChI is InChI=1S/C13H16BrClN2O2/c1-3-6-17(8-12(18)16-2)13(19)10-5-4-9(15)7-11(10)14/h4-5,7H,3,6,8H2,1-2H3,(H,16,18). The zero-order valence-corrected chi connectivity index (χ0v) is 13.2. The fourth-order valence-electron chi connectivity index (χ4n) is 1.61. The molecule has 1 rings (SSSR count). The molecule has 104 valence electrons. The first-order valence-corrected chi connectivity index (χ1v) is 7.11. The summed E-state index contributed by atoms with van der Waals surface area (Å²) in [6.07, 6.45) is 0.786. The summed E-state index contributed by atoms with van der Waals surface area (Å²) in [5.74, 6) is -0.374. The van der Waals surface area contributed by atoms with Gasteiger partial charge in [0.15, 0.2) is 0 Å². The van der Waals surface area contributed by atoms with Gasteiger partial charge >= 0.3 is 0 Å². The van der Waals surface area contributed by atoms with Crippen molar-refractivity contribution < 1.29 is 9.59 Å². The van der Waals surface area contributed by atoms with Crippen molar-refractivity contribution in [2.45, 2.75) is 13.3 Å². The molecule has 0 bridgehead atoms. The van der Waals surface area contributed by atoms with Crippen LogP contribution in [0.5, 0.6) is 0 Å². The number of likely N-dealkylation sites (N-methyl/N-ethyl adjacent to an activating group) is 1. The van der Waals surface area contributed by atoms with Crippen LogP contribution in [-0.2, 0) is 4.79 Å². The summed E-state index contributed by atoms with van der Waals surface area (Å²) in [4.78, 5) is 25.3. The van der Waals surface area contributed by atoms with E-state index in [0.29, 0.717) is 21.6 Å². The van der Waals surface area contributed by atoms with Gasteiger partial charge in [-0.3, -0.25) is 9.59 Å². The number of benzene rings is 1. The fraction of sp³-hybridized carbons (Fsp3) is 0.385. The zero-order chi connectivity index (χ0) is 14.4. The van der Waals surface area contributed by atoms with Crippen LogP contribution in [0.25, 0.3) is 0 Å². The molecule has 0 aliphatic carbocycles. The van der Waals surface area contributed by atoms with Crippen molar-refractivity contribution in [1.82, 2.24) is 10.2 Å². The minimum atomic E-state index is -0.188. The predicted molar refractivity (Wildman–Crippen MR) is 79.4 cm³/mol. The summed E-state index contributed by atoms with van der Waals surface area (Å²) in [7, 11) is 1.55. The Morgan fingerprint density at radius 2 is 2.11 bits per heavy atom. The first-order chi connectivity index (χ1) is 8.99. The Balaban J connectivity index is 2.95. The summed E-state index contributed by atoms with van der Waals surface area (Å²) >= 11 is 9.17.